The zero-order chi connectivity index (χ0) is 14.5. The molecular formula is C15H21FN2O2. The molecule has 1 heterocycles. The van der Waals surface area contributed by atoms with Crippen LogP contribution in [0.15, 0.2) is 18.2 Å². The summed E-state index contributed by atoms with van der Waals surface area (Å²) < 4.78 is 19.1. The predicted molar refractivity (Wildman–Crippen MR) is 76.5 cm³/mol. The Morgan fingerprint density at radius 2 is 2.15 bits per heavy atom. The molecule has 1 fully saturated rings. The molecule has 0 radical (unpaired) electrons. The summed E-state index contributed by atoms with van der Waals surface area (Å²) in [4.78, 5) is 14.3. The number of benzene rings is 1. The van der Waals surface area contributed by atoms with E-state index in [0.717, 1.165) is 12.8 Å². The predicted octanol–water partition coefficient (Wildman–Crippen LogP) is 2.51. The molecule has 1 aromatic carbocycles. The van der Waals surface area contributed by atoms with Gasteiger partial charge in [0.05, 0.1) is 17.4 Å². The number of hydrogen-bond donors (Lipinski definition) is 1. The molecule has 1 aliphatic rings. The zero-order valence-electron chi connectivity index (χ0n) is 12.0. The Hall–Kier alpha value is -1.62. The number of rotatable bonds is 4. The number of para-hydroxylation sites is 1. The molecule has 20 heavy (non-hydrogen) atoms. The minimum Gasteiger partial charge on any atom is -0.382 e. The van der Waals surface area contributed by atoms with E-state index < -0.39 is 0 Å². The minimum atomic E-state index is -0.385. The Balaban J connectivity index is 2.15. The van der Waals surface area contributed by atoms with Gasteiger partial charge < -0.3 is 15.0 Å². The van der Waals surface area contributed by atoms with Crippen molar-refractivity contribution in [3.63, 3.8) is 0 Å². The van der Waals surface area contributed by atoms with Gasteiger partial charge in [0.2, 0.25) is 0 Å². The summed E-state index contributed by atoms with van der Waals surface area (Å²) in [6.45, 7) is 3.76. The summed E-state index contributed by atoms with van der Waals surface area (Å²) in [7, 11) is 1.69. The van der Waals surface area contributed by atoms with Crippen molar-refractivity contribution < 1.29 is 13.9 Å². The van der Waals surface area contributed by atoms with Gasteiger partial charge >= 0.3 is 0 Å². The molecule has 4 nitrogen and oxygen atoms in total. The minimum absolute atomic E-state index is 0.116. The number of anilines is 1. The van der Waals surface area contributed by atoms with Gasteiger partial charge in [0.25, 0.3) is 5.91 Å². The number of carbonyl (C=O) groups excluding carboxylic acids is 1. The molecular weight excluding hydrogens is 259 g/mol. The Morgan fingerprint density at radius 1 is 1.45 bits per heavy atom. The maximum atomic E-state index is 13.8. The molecule has 0 unspecified atom stereocenters. The third-order valence-electron chi connectivity index (χ3n) is 3.66. The topological polar surface area (TPSA) is 41.6 Å². The van der Waals surface area contributed by atoms with Gasteiger partial charge in [-0.25, -0.2) is 4.39 Å². The number of likely N-dealkylation sites (tertiary alicyclic amines) is 1. The van der Waals surface area contributed by atoms with Crippen molar-refractivity contribution in [3.8, 4) is 0 Å². The van der Waals surface area contributed by atoms with E-state index in [0.29, 0.717) is 30.9 Å². The molecule has 0 atom stereocenters. The fraction of sp³-hybridized carbons (Fsp3) is 0.533. The van der Waals surface area contributed by atoms with Crippen molar-refractivity contribution in [2.75, 3.05) is 32.1 Å². The van der Waals surface area contributed by atoms with Crippen LogP contribution in [0, 0.1) is 5.82 Å². The summed E-state index contributed by atoms with van der Waals surface area (Å²) in [6.07, 6.45) is 1.88. The van der Waals surface area contributed by atoms with Gasteiger partial charge in [0.15, 0.2) is 0 Å². The summed E-state index contributed by atoms with van der Waals surface area (Å²) in [6, 6.07) is 4.61. The Labute approximate surface area is 118 Å². The molecule has 1 saturated heterocycles. The van der Waals surface area contributed by atoms with Gasteiger partial charge in [-0.3, -0.25) is 4.79 Å². The number of piperidine rings is 1. The van der Waals surface area contributed by atoms with E-state index in [1.165, 1.54) is 6.07 Å². The highest BCUT2D eigenvalue weighted by Crippen LogP contribution is 2.23. The zero-order valence-corrected chi connectivity index (χ0v) is 12.0. The Kier molecular flexibility index (Phi) is 4.95. The highest BCUT2D eigenvalue weighted by atomic mass is 19.1. The molecule has 0 bridgehead atoms. The van der Waals surface area contributed by atoms with Crippen molar-refractivity contribution >= 4 is 11.6 Å². The normalized spacial score (nSPS) is 16.2. The molecule has 0 saturated carbocycles. The average Bonchev–Trinajstić information content (AvgIpc) is 2.49. The van der Waals surface area contributed by atoms with Crippen LogP contribution in [0.4, 0.5) is 10.1 Å². The lowest BCUT2D eigenvalue weighted by molar-refractivity contribution is 0.0351. The number of nitrogens with zero attached hydrogens (tertiary/aromatic N) is 1. The van der Waals surface area contributed by atoms with Crippen LogP contribution in [0.3, 0.4) is 0 Å². The van der Waals surface area contributed by atoms with Gasteiger partial charge in [0.1, 0.15) is 5.82 Å². The molecule has 1 aliphatic heterocycles. The smallest absolute Gasteiger partial charge is 0.256 e. The fourth-order valence-corrected chi connectivity index (χ4v) is 2.52. The summed E-state index contributed by atoms with van der Waals surface area (Å²) >= 11 is 0. The van der Waals surface area contributed by atoms with Crippen molar-refractivity contribution in [1.82, 2.24) is 4.90 Å². The van der Waals surface area contributed by atoms with Crippen LogP contribution >= 0.6 is 0 Å². The van der Waals surface area contributed by atoms with Crippen molar-refractivity contribution in [1.29, 1.82) is 0 Å². The van der Waals surface area contributed by atoms with Crippen molar-refractivity contribution in [2.45, 2.75) is 25.9 Å². The molecule has 0 aromatic heterocycles. The second-order valence-electron chi connectivity index (χ2n) is 4.92. The summed E-state index contributed by atoms with van der Waals surface area (Å²) in [5.74, 6) is -0.500. The quantitative estimate of drug-likeness (QED) is 0.921. The maximum Gasteiger partial charge on any atom is 0.256 e. The lowest BCUT2D eigenvalue weighted by Gasteiger charge is -2.31. The van der Waals surface area contributed by atoms with Crippen molar-refractivity contribution in [3.05, 3.63) is 29.6 Å². The number of methoxy groups -OCH3 is 1. The first-order chi connectivity index (χ1) is 9.67. The number of halogens is 1. The van der Waals surface area contributed by atoms with Crippen LogP contribution in [-0.4, -0.2) is 43.7 Å². The molecule has 0 aliphatic carbocycles. The maximum absolute atomic E-state index is 13.8. The van der Waals surface area contributed by atoms with E-state index in [2.05, 4.69) is 5.32 Å². The van der Waals surface area contributed by atoms with E-state index in [4.69, 9.17) is 4.74 Å². The van der Waals surface area contributed by atoms with Gasteiger partial charge in [-0.1, -0.05) is 6.07 Å². The van der Waals surface area contributed by atoms with Crippen LogP contribution in [0.25, 0.3) is 0 Å². The van der Waals surface area contributed by atoms with Crippen LogP contribution in [0.5, 0.6) is 0 Å². The molecule has 2 rings (SSSR count). The van der Waals surface area contributed by atoms with Gasteiger partial charge in [0, 0.05) is 26.7 Å². The van der Waals surface area contributed by atoms with Crippen LogP contribution < -0.4 is 5.32 Å². The van der Waals surface area contributed by atoms with E-state index in [1.54, 1.807) is 24.1 Å². The SMILES string of the molecule is CCNc1c(F)cccc1C(=O)N1CCC(OC)CC1. The fourth-order valence-electron chi connectivity index (χ4n) is 2.52. The number of amides is 1. The second kappa shape index (κ2) is 6.70. The third kappa shape index (κ3) is 3.10. The molecule has 5 heteroatoms. The highest BCUT2D eigenvalue weighted by Gasteiger charge is 2.25. The first-order valence-corrected chi connectivity index (χ1v) is 7.01. The van der Waals surface area contributed by atoms with E-state index >= 15 is 0 Å². The van der Waals surface area contributed by atoms with Gasteiger partial charge in [-0.05, 0) is 31.9 Å². The van der Waals surface area contributed by atoms with Gasteiger partial charge in [-0.15, -0.1) is 0 Å². The second-order valence-corrected chi connectivity index (χ2v) is 4.92. The highest BCUT2D eigenvalue weighted by molar-refractivity contribution is 5.99. The number of ether oxygens (including phenoxy) is 1. The summed E-state index contributed by atoms with van der Waals surface area (Å²) in [5, 5.41) is 2.94. The van der Waals surface area contributed by atoms with Crippen LogP contribution in [0.2, 0.25) is 0 Å². The molecule has 1 aromatic rings. The van der Waals surface area contributed by atoms with E-state index in [-0.39, 0.29) is 17.8 Å². The molecule has 110 valence electrons. The number of carbonyl (C=O) groups is 1. The lowest BCUT2D eigenvalue weighted by Crippen LogP contribution is -2.40. The third-order valence-corrected chi connectivity index (χ3v) is 3.66. The first-order valence-electron chi connectivity index (χ1n) is 7.01. The summed E-state index contributed by atoms with van der Waals surface area (Å²) in [5.41, 5.74) is 0.705. The Morgan fingerprint density at radius 3 is 2.75 bits per heavy atom. The van der Waals surface area contributed by atoms with Crippen LogP contribution in [0.1, 0.15) is 30.1 Å². The molecule has 1 amide bonds. The number of nitrogens with one attached hydrogen (secondary N) is 1. The molecule has 1 N–H and O–H groups in total. The number of hydrogen-bond acceptors (Lipinski definition) is 3. The molecule has 0 spiro atoms. The monoisotopic (exact) mass is 280 g/mol. The lowest BCUT2D eigenvalue weighted by atomic mass is 10.1. The first kappa shape index (κ1) is 14.8. The van der Waals surface area contributed by atoms with Gasteiger partial charge in [-0.2, -0.15) is 0 Å². The van der Waals surface area contributed by atoms with Crippen LogP contribution in [-0.2, 0) is 4.74 Å². The van der Waals surface area contributed by atoms with E-state index in [9.17, 15) is 9.18 Å². The van der Waals surface area contributed by atoms with Crippen molar-refractivity contribution in [2.24, 2.45) is 0 Å². The average molecular weight is 280 g/mol. The van der Waals surface area contributed by atoms with E-state index in [1.807, 2.05) is 6.92 Å². The largest absolute Gasteiger partial charge is 0.382 e. The Bertz CT molecular complexity index is 471. The standard InChI is InChI=1S/C15H21FN2O2/c1-3-17-14-12(5-4-6-13(14)16)15(19)18-9-7-11(20-2)8-10-18/h4-6,11,17H,3,7-10H2,1-2H3.